The zero-order valence-corrected chi connectivity index (χ0v) is 28.0. The van der Waals surface area contributed by atoms with Crippen molar-refractivity contribution >= 4 is 69.2 Å². The zero-order chi connectivity index (χ0) is 35.1. The molecule has 49 heavy (non-hydrogen) atoms. The normalized spacial score (nSPS) is 13.0. The van der Waals surface area contributed by atoms with Crippen molar-refractivity contribution in [3.05, 3.63) is 122 Å². The molecule has 0 aliphatic carbocycles. The average molecular weight is 695 g/mol. The third kappa shape index (κ3) is 8.39. The summed E-state index contributed by atoms with van der Waals surface area (Å²) in [7, 11) is 0. The molecule has 0 saturated heterocycles. The van der Waals surface area contributed by atoms with Gasteiger partial charge in [-0.25, -0.2) is 0 Å². The molecule has 0 fully saturated rings. The highest BCUT2D eigenvalue weighted by Gasteiger charge is 2.27. The van der Waals surface area contributed by atoms with Gasteiger partial charge in [0.25, 0.3) is 17.5 Å². The number of thioether (sulfide) groups is 1. The van der Waals surface area contributed by atoms with Gasteiger partial charge >= 0.3 is 0 Å². The third-order valence-corrected chi connectivity index (χ3v) is 9.81. The number of nitriles is 1. The van der Waals surface area contributed by atoms with E-state index in [0.29, 0.717) is 40.7 Å². The largest absolute Gasteiger partial charge is 0.337 e. The van der Waals surface area contributed by atoms with E-state index < -0.39 is 22.0 Å². The van der Waals surface area contributed by atoms with Crippen LogP contribution in [0.4, 0.5) is 16.4 Å². The van der Waals surface area contributed by atoms with E-state index in [2.05, 4.69) is 22.0 Å². The predicted molar refractivity (Wildman–Crippen MR) is 188 cm³/mol. The lowest BCUT2D eigenvalue weighted by atomic mass is 10.0. The molecule has 0 radical (unpaired) electrons. The fourth-order valence-electron chi connectivity index (χ4n) is 5.07. The maximum absolute atomic E-state index is 13.5. The summed E-state index contributed by atoms with van der Waals surface area (Å²) in [5.74, 6) is -1.66. The molecule has 4 aromatic rings. The van der Waals surface area contributed by atoms with Crippen LogP contribution < -0.4 is 16.0 Å². The molecule has 248 valence electrons. The molecular formula is C35H30N6O6S2. The van der Waals surface area contributed by atoms with Crippen LogP contribution in [0.3, 0.4) is 0 Å². The number of amides is 4. The lowest BCUT2D eigenvalue weighted by Crippen LogP contribution is -2.33. The number of nitro groups is 1. The summed E-state index contributed by atoms with van der Waals surface area (Å²) in [5, 5.41) is 29.5. The fraction of sp³-hybridized carbons (Fsp3) is 0.171. The van der Waals surface area contributed by atoms with Crippen LogP contribution in [-0.2, 0) is 27.3 Å². The van der Waals surface area contributed by atoms with Crippen LogP contribution in [-0.4, -0.2) is 45.2 Å². The number of para-hydroxylation sites is 1. The van der Waals surface area contributed by atoms with Gasteiger partial charge < -0.3 is 20.9 Å². The van der Waals surface area contributed by atoms with Gasteiger partial charge in [0.15, 0.2) is 0 Å². The quantitative estimate of drug-likeness (QED) is 0.0789. The molecule has 0 saturated carbocycles. The number of thiophene rings is 1. The molecule has 1 aromatic heterocycles. The molecule has 12 nitrogen and oxygen atoms in total. The van der Waals surface area contributed by atoms with E-state index in [-0.39, 0.29) is 34.3 Å². The lowest BCUT2D eigenvalue weighted by Gasteiger charge is -2.25. The zero-order valence-electron chi connectivity index (χ0n) is 26.4. The first kappa shape index (κ1) is 34.6. The number of nitro benzene ring substituents is 1. The van der Waals surface area contributed by atoms with Crippen LogP contribution in [0.1, 0.15) is 45.8 Å². The molecule has 1 aliphatic heterocycles. The standard InChI is InChI=1S/C35H30N6O6S2/c1-21(32(43)39-35-28(19-36)27-15-16-40(22(2)42)20-31(27)49-35)48-26-13-8-12-25(18-26)37-34(45)29(38-33(44)23-9-4-3-5-10-23)17-24-11-6-7-14-30(24)41(46)47/h3-14,17-18,21H,15-16,20H2,1-2H3,(H,37,45)(H,38,44)(H,39,43)/b29-17+. The number of benzene rings is 3. The Morgan fingerprint density at radius 1 is 1.04 bits per heavy atom. The van der Waals surface area contributed by atoms with E-state index >= 15 is 0 Å². The minimum atomic E-state index is -0.718. The smallest absolute Gasteiger partial charge is 0.276 e. The topological polar surface area (TPSA) is 175 Å². The number of hydrogen-bond donors (Lipinski definition) is 3. The highest BCUT2D eigenvalue weighted by Crippen LogP contribution is 2.37. The molecule has 0 bridgehead atoms. The summed E-state index contributed by atoms with van der Waals surface area (Å²) in [5.41, 5.74) is 1.59. The monoisotopic (exact) mass is 694 g/mol. The SMILES string of the molecule is CC(=O)N1CCc2c(sc(NC(=O)C(C)Sc3cccc(NC(=O)/C(=C\c4ccccc4[N+](=O)[O-])NC(=O)c4ccccc4)c3)c2C#N)C1. The van der Waals surface area contributed by atoms with Crippen molar-refractivity contribution < 1.29 is 24.1 Å². The lowest BCUT2D eigenvalue weighted by molar-refractivity contribution is -0.385. The first-order chi connectivity index (χ1) is 23.5. The Hall–Kier alpha value is -5.78. The van der Waals surface area contributed by atoms with E-state index in [1.54, 1.807) is 72.5 Å². The maximum Gasteiger partial charge on any atom is 0.276 e. The third-order valence-electron chi connectivity index (χ3n) is 7.59. The summed E-state index contributed by atoms with van der Waals surface area (Å²) in [6, 6.07) is 23.0. The second-order valence-electron chi connectivity index (χ2n) is 10.9. The van der Waals surface area contributed by atoms with Crippen LogP contribution in [0.2, 0.25) is 0 Å². The molecule has 4 amide bonds. The van der Waals surface area contributed by atoms with Gasteiger partial charge in [-0.3, -0.25) is 29.3 Å². The van der Waals surface area contributed by atoms with Crippen molar-refractivity contribution in [2.24, 2.45) is 0 Å². The average Bonchev–Trinajstić information content (AvgIpc) is 3.44. The Morgan fingerprint density at radius 2 is 1.78 bits per heavy atom. The highest BCUT2D eigenvalue weighted by molar-refractivity contribution is 8.00. The van der Waals surface area contributed by atoms with Crippen LogP contribution >= 0.6 is 23.1 Å². The number of fused-ring (bicyclic) bond motifs is 1. The van der Waals surface area contributed by atoms with Gasteiger partial charge in [-0.05, 0) is 61.4 Å². The number of nitrogens with zero attached hydrogens (tertiary/aromatic N) is 3. The molecule has 3 aromatic carbocycles. The number of anilines is 2. The summed E-state index contributed by atoms with van der Waals surface area (Å²) in [6.45, 7) is 4.14. The van der Waals surface area contributed by atoms with Crippen LogP contribution in [0, 0.1) is 21.4 Å². The predicted octanol–water partition coefficient (Wildman–Crippen LogP) is 5.96. The second-order valence-corrected chi connectivity index (χ2v) is 13.5. The Balaban J connectivity index is 1.31. The Morgan fingerprint density at radius 3 is 2.49 bits per heavy atom. The fourth-order valence-corrected chi connectivity index (χ4v) is 7.21. The minimum Gasteiger partial charge on any atom is -0.337 e. The summed E-state index contributed by atoms with van der Waals surface area (Å²) >= 11 is 2.53. The van der Waals surface area contributed by atoms with Gasteiger partial charge in [0, 0.05) is 40.6 Å². The van der Waals surface area contributed by atoms with E-state index in [0.717, 1.165) is 10.4 Å². The molecule has 0 spiro atoms. The van der Waals surface area contributed by atoms with E-state index in [9.17, 15) is 34.6 Å². The van der Waals surface area contributed by atoms with E-state index in [1.165, 1.54) is 54.3 Å². The van der Waals surface area contributed by atoms with Crippen molar-refractivity contribution in [1.29, 1.82) is 5.26 Å². The highest BCUT2D eigenvalue weighted by atomic mass is 32.2. The Kier molecular flexibility index (Phi) is 10.9. The second kappa shape index (κ2) is 15.4. The number of carbonyl (C=O) groups excluding carboxylic acids is 4. The summed E-state index contributed by atoms with van der Waals surface area (Å²) in [6.07, 6.45) is 1.79. The Labute approximate surface area is 290 Å². The van der Waals surface area contributed by atoms with Gasteiger partial charge in [-0.15, -0.1) is 23.1 Å². The van der Waals surface area contributed by atoms with Gasteiger partial charge in [0.1, 0.15) is 16.8 Å². The van der Waals surface area contributed by atoms with Crippen molar-refractivity contribution in [1.82, 2.24) is 10.2 Å². The van der Waals surface area contributed by atoms with Crippen molar-refractivity contribution in [2.45, 2.75) is 37.0 Å². The van der Waals surface area contributed by atoms with Gasteiger partial charge in [-0.1, -0.05) is 36.4 Å². The van der Waals surface area contributed by atoms with Crippen molar-refractivity contribution in [3.8, 4) is 6.07 Å². The first-order valence-electron chi connectivity index (χ1n) is 15.0. The number of nitrogens with one attached hydrogen (secondary N) is 3. The minimum absolute atomic E-state index is 0.0454. The molecule has 3 N–H and O–H groups in total. The number of rotatable bonds is 10. The van der Waals surface area contributed by atoms with Gasteiger partial charge in [-0.2, -0.15) is 5.26 Å². The maximum atomic E-state index is 13.5. The van der Waals surface area contributed by atoms with Crippen molar-refractivity contribution in [2.75, 3.05) is 17.2 Å². The van der Waals surface area contributed by atoms with Crippen LogP contribution in [0.5, 0.6) is 0 Å². The molecule has 5 rings (SSSR count). The number of hydrogen-bond acceptors (Lipinski definition) is 9. The Bertz CT molecular complexity index is 2020. The molecular weight excluding hydrogens is 665 g/mol. The van der Waals surface area contributed by atoms with Crippen LogP contribution in [0.15, 0.2) is 89.5 Å². The molecule has 1 aliphatic rings. The van der Waals surface area contributed by atoms with E-state index in [1.807, 2.05) is 0 Å². The van der Waals surface area contributed by atoms with E-state index in [4.69, 9.17) is 0 Å². The molecule has 1 atom stereocenters. The molecule has 2 heterocycles. The van der Waals surface area contributed by atoms with Gasteiger partial charge in [0.05, 0.1) is 27.8 Å². The number of carbonyl (C=O) groups is 4. The molecule has 14 heteroatoms. The van der Waals surface area contributed by atoms with Crippen LogP contribution in [0.25, 0.3) is 6.08 Å². The summed E-state index contributed by atoms with van der Waals surface area (Å²) < 4.78 is 0. The summed E-state index contributed by atoms with van der Waals surface area (Å²) in [4.78, 5) is 65.9. The molecule has 1 unspecified atom stereocenters. The van der Waals surface area contributed by atoms with Gasteiger partial charge in [0.2, 0.25) is 11.8 Å². The van der Waals surface area contributed by atoms with Crippen molar-refractivity contribution in [3.63, 3.8) is 0 Å². The first-order valence-corrected chi connectivity index (χ1v) is 16.7.